The molecule has 0 aromatic heterocycles. The summed E-state index contributed by atoms with van der Waals surface area (Å²) in [6.07, 6.45) is 8.56. The summed E-state index contributed by atoms with van der Waals surface area (Å²) in [5.41, 5.74) is 2.26. The van der Waals surface area contributed by atoms with Crippen molar-refractivity contribution in [3.05, 3.63) is 29.8 Å². The van der Waals surface area contributed by atoms with Crippen molar-refractivity contribution in [3.63, 3.8) is 0 Å². The van der Waals surface area contributed by atoms with E-state index in [9.17, 15) is 9.90 Å². The van der Waals surface area contributed by atoms with Gasteiger partial charge in [-0.3, -0.25) is 4.79 Å². The zero-order valence-corrected chi connectivity index (χ0v) is 13.1. The van der Waals surface area contributed by atoms with Crippen LogP contribution >= 0.6 is 0 Å². The highest BCUT2D eigenvalue weighted by Gasteiger charge is 2.28. The molecular formula is C18H27NO2. The fraction of sp³-hybridized carbons (Fsp3) is 0.611. The molecule has 21 heavy (non-hydrogen) atoms. The minimum atomic E-state index is -0.0540. The number of carbonyl (C=O) groups is 1. The lowest BCUT2D eigenvalue weighted by Gasteiger charge is -2.34. The van der Waals surface area contributed by atoms with E-state index in [4.69, 9.17) is 0 Å². The standard InChI is InChI=1S/C18H27NO2/c1-2-3-4-5-7-15-10-12-16(13-11-15)19-17(14-20)8-6-9-18(19)21/h10-13,17,20H,2-9,14H2,1H3/t17-/m1/s1. The lowest BCUT2D eigenvalue weighted by atomic mass is 10.00. The summed E-state index contributed by atoms with van der Waals surface area (Å²) >= 11 is 0. The van der Waals surface area contributed by atoms with E-state index in [-0.39, 0.29) is 18.6 Å². The number of aliphatic hydroxyl groups is 1. The first-order valence-corrected chi connectivity index (χ1v) is 8.28. The predicted octanol–water partition coefficient (Wildman–Crippen LogP) is 3.69. The van der Waals surface area contributed by atoms with Crippen LogP contribution in [0, 0.1) is 0 Å². The molecule has 1 N–H and O–H groups in total. The molecule has 0 aliphatic carbocycles. The molecule has 3 nitrogen and oxygen atoms in total. The van der Waals surface area contributed by atoms with Gasteiger partial charge in [-0.25, -0.2) is 0 Å². The molecule has 0 bridgehead atoms. The van der Waals surface area contributed by atoms with Crippen LogP contribution in [-0.2, 0) is 11.2 Å². The lowest BCUT2D eigenvalue weighted by molar-refractivity contribution is -0.120. The molecule has 0 radical (unpaired) electrons. The van der Waals surface area contributed by atoms with E-state index in [1.54, 1.807) is 4.90 Å². The SMILES string of the molecule is CCCCCCc1ccc(N2C(=O)CCC[C@@H]2CO)cc1. The largest absolute Gasteiger partial charge is 0.394 e. The first-order chi connectivity index (χ1) is 10.3. The van der Waals surface area contributed by atoms with E-state index in [1.807, 2.05) is 12.1 Å². The number of amides is 1. The summed E-state index contributed by atoms with van der Waals surface area (Å²) in [4.78, 5) is 13.9. The summed E-state index contributed by atoms with van der Waals surface area (Å²) in [7, 11) is 0. The number of anilines is 1. The molecular weight excluding hydrogens is 262 g/mol. The lowest BCUT2D eigenvalue weighted by Crippen LogP contribution is -2.45. The highest BCUT2D eigenvalue weighted by atomic mass is 16.3. The molecule has 0 unspecified atom stereocenters. The van der Waals surface area contributed by atoms with E-state index in [0.29, 0.717) is 6.42 Å². The Labute approximate surface area is 128 Å². The Morgan fingerprint density at radius 3 is 2.62 bits per heavy atom. The van der Waals surface area contributed by atoms with Gasteiger partial charge in [0, 0.05) is 12.1 Å². The minimum Gasteiger partial charge on any atom is -0.394 e. The van der Waals surface area contributed by atoms with Crippen LogP contribution in [0.25, 0.3) is 0 Å². The third-order valence-electron chi connectivity index (χ3n) is 4.31. The van der Waals surface area contributed by atoms with Crippen LogP contribution in [0.3, 0.4) is 0 Å². The van der Waals surface area contributed by atoms with Crippen molar-refractivity contribution < 1.29 is 9.90 Å². The van der Waals surface area contributed by atoms with Gasteiger partial charge in [-0.2, -0.15) is 0 Å². The molecule has 1 atom stereocenters. The monoisotopic (exact) mass is 289 g/mol. The molecule has 1 heterocycles. The van der Waals surface area contributed by atoms with Gasteiger partial charge in [0.1, 0.15) is 0 Å². The van der Waals surface area contributed by atoms with Crippen LogP contribution in [0.5, 0.6) is 0 Å². The van der Waals surface area contributed by atoms with Gasteiger partial charge in [0.05, 0.1) is 12.6 Å². The molecule has 1 aromatic carbocycles. The molecule has 0 spiro atoms. The minimum absolute atomic E-state index is 0.0461. The van der Waals surface area contributed by atoms with Crippen LogP contribution in [-0.4, -0.2) is 23.7 Å². The predicted molar refractivity (Wildman–Crippen MR) is 86.5 cm³/mol. The van der Waals surface area contributed by atoms with E-state index in [2.05, 4.69) is 19.1 Å². The van der Waals surface area contributed by atoms with Gasteiger partial charge < -0.3 is 10.0 Å². The molecule has 2 rings (SSSR count). The number of nitrogens with zero attached hydrogens (tertiary/aromatic N) is 1. The average molecular weight is 289 g/mol. The molecule has 0 saturated carbocycles. The number of unbranched alkanes of at least 4 members (excludes halogenated alkanes) is 3. The van der Waals surface area contributed by atoms with Gasteiger partial charge in [-0.1, -0.05) is 38.3 Å². The number of hydrogen-bond acceptors (Lipinski definition) is 2. The number of benzene rings is 1. The molecule has 116 valence electrons. The molecule has 1 aromatic rings. The third-order valence-corrected chi connectivity index (χ3v) is 4.31. The summed E-state index contributed by atoms with van der Waals surface area (Å²) in [6.45, 7) is 2.27. The topological polar surface area (TPSA) is 40.5 Å². The summed E-state index contributed by atoms with van der Waals surface area (Å²) in [5, 5.41) is 9.47. The van der Waals surface area contributed by atoms with Crippen molar-refractivity contribution in [2.24, 2.45) is 0 Å². The molecule has 1 saturated heterocycles. The van der Waals surface area contributed by atoms with Crippen molar-refractivity contribution in [2.45, 2.75) is 64.3 Å². The van der Waals surface area contributed by atoms with Crippen molar-refractivity contribution >= 4 is 11.6 Å². The fourth-order valence-corrected chi connectivity index (χ4v) is 3.05. The molecule has 1 aliphatic heterocycles. The maximum Gasteiger partial charge on any atom is 0.227 e. The molecule has 1 amide bonds. The highest BCUT2D eigenvalue weighted by molar-refractivity contribution is 5.94. The van der Waals surface area contributed by atoms with Crippen LogP contribution in [0.15, 0.2) is 24.3 Å². The van der Waals surface area contributed by atoms with Gasteiger partial charge >= 0.3 is 0 Å². The third kappa shape index (κ3) is 4.31. The van der Waals surface area contributed by atoms with Gasteiger partial charge in [0.15, 0.2) is 0 Å². The summed E-state index contributed by atoms with van der Waals surface area (Å²) < 4.78 is 0. The number of aliphatic hydroxyl groups excluding tert-OH is 1. The second kappa shape index (κ2) is 8.18. The number of rotatable bonds is 7. The van der Waals surface area contributed by atoms with Crippen LogP contribution in [0.2, 0.25) is 0 Å². The Balaban J connectivity index is 1.98. The van der Waals surface area contributed by atoms with Gasteiger partial charge in [0.25, 0.3) is 0 Å². The molecule has 3 heteroatoms. The highest BCUT2D eigenvalue weighted by Crippen LogP contribution is 2.26. The van der Waals surface area contributed by atoms with Crippen molar-refractivity contribution in [2.75, 3.05) is 11.5 Å². The zero-order chi connectivity index (χ0) is 15.1. The second-order valence-electron chi connectivity index (χ2n) is 5.97. The Morgan fingerprint density at radius 1 is 1.19 bits per heavy atom. The molecule has 1 aliphatic rings. The Bertz CT molecular complexity index is 441. The van der Waals surface area contributed by atoms with E-state index in [0.717, 1.165) is 24.9 Å². The van der Waals surface area contributed by atoms with E-state index in [1.165, 1.54) is 31.2 Å². The Hall–Kier alpha value is -1.35. The van der Waals surface area contributed by atoms with Crippen LogP contribution in [0.4, 0.5) is 5.69 Å². The van der Waals surface area contributed by atoms with Gasteiger partial charge in [-0.05, 0) is 43.4 Å². The number of hydrogen-bond donors (Lipinski definition) is 1. The fourth-order valence-electron chi connectivity index (χ4n) is 3.05. The van der Waals surface area contributed by atoms with Crippen LogP contribution in [0.1, 0.15) is 57.4 Å². The van der Waals surface area contributed by atoms with Crippen molar-refractivity contribution in [1.29, 1.82) is 0 Å². The molecule has 1 fully saturated rings. The second-order valence-corrected chi connectivity index (χ2v) is 5.97. The summed E-state index contributed by atoms with van der Waals surface area (Å²) in [5.74, 6) is 0.135. The normalized spacial score (nSPS) is 19.0. The quantitative estimate of drug-likeness (QED) is 0.778. The smallest absolute Gasteiger partial charge is 0.227 e. The first-order valence-electron chi connectivity index (χ1n) is 8.28. The maximum absolute atomic E-state index is 12.1. The van der Waals surface area contributed by atoms with Gasteiger partial charge in [0.2, 0.25) is 5.91 Å². The van der Waals surface area contributed by atoms with Crippen molar-refractivity contribution in [3.8, 4) is 0 Å². The van der Waals surface area contributed by atoms with E-state index >= 15 is 0 Å². The number of aryl methyl sites for hydroxylation is 1. The van der Waals surface area contributed by atoms with E-state index < -0.39 is 0 Å². The summed E-state index contributed by atoms with van der Waals surface area (Å²) in [6, 6.07) is 8.25. The average Bonchev–Trinajstić information content (AvgIpc) is 2.52. The first kappa shape index (κ1) is 16.0. The van der Waals surface area contributed by atoms with Gasteiger partial charge in [-0.15, -0.1) is 0 Å². The number of carbonyl (C=O) groups excluding carboxylic acids is 1. The Morgan fingerprint density at radius 2 is 1.95 bits per heavy atom. The maximum atomic E-state index is 12.1. The number of piperidine rings is 1. The van der Waals surface area contributed by atoms with Crippen molar-refractivity contribution in [1.82, 2.24) is 0 Å². The Kier molecular flexibility index (Phi) is 6.24. The zero-order valence-electron chi connectivity index (χ0n) is 13.1. The van der Waals surface area contributed by atoms with Crippen LogP contribution < -0.4 is 4.90 Å².